The van der Waals surface area contributed by atoms with Gasteiger partial charge in [-0.25, -0.2) is 4.98 Å². The fourth-order valence-electron chi connectivity index (χ4n) is 4.42. The zero-order chi connectivity index (χ0) is 20.7. The van der Waals surface area contributed by atoms with Crippen molar-refractivity contribution in [1.82, 2.24) is 24.6 Å². The second-order valence-electron chi connectivity index (χ2n) is 7.91. The van der Waals surface area contributed by atoms with Crippen LogP contribution in [0.5, 0.6) is 0 Å². The summed E-state index contributed by atoms with van der Waals surface area (Å²) in [5.74, 6) is 3.11. The maximum atomic E-state index is 12.2. The lowest BCUT2D eigenvalue weighted by Gasteiger charge is -2.32. The molecule has 2 aliphatic heterocycles. The van der Waals surface area contributed by atoms with Crippen molar-refractivity contribution in [3.05, 3.63) is 64.8 Å². The van der Waals surface area contributed by atoms with Gasteiger partial charge in [0.1, 0.15) is 11.6 Å². The predicted octanol–water partition coefficient (Wildman–Crippen LogP) is 4.41. The number of hydrogen-bond donors (Lipinski definition) is 0. The SMILES string of the molecule is CC(=O)N1Cc2cc(Cl)ccc2-n2c(nnc2C2CCN(c3ccccn3)CC2)C1.Cl.Cl. The summed E-state index contributed by atoms with van der Waals surface area (Å²) in [7, 11) is 0. The van der Waals surface area contributed by atoms with E-state index in [1.807, 2.05) is 36.5 Å². The first-order chi connectivity index (χ1) is 14.6. The zero-order valence-electron chi connectivity index (χ0n) is 17.6. The Kier molecular flexibility index (Phi) is 7.64. The maximum absolute atomic E-state index is 12.2. The highest BCUT2D eigenvalue weighted by Gasteiger charge is 2.30. The lowest BCUT2D eigenvalue weighted by molar-refractivity contribution is -0.130. The molecule has 0 N–H and O–H groups in total. The number of pyridine rings is 1. The Morgan fingerprint density at radius 3 is 2.53 bits per heavy atom. The molecule has 0 unspecified atom stereocenters. The van der Waals surface area contributed by atoms with E-state index in [-0.39, 0.29) is 30.7 Å². The number of amides is 1. The number of piperidine rings is 1. The molecule has 170 valence electrons. The summed E-state index contributed by atoms with van der Waals surface area (Å²) < 4.78 is 2.15. The molecular weight excluding hydrogens is 471 g/mol. The van der Waals surface area contributed by atoms with E-state index in [9.17, 15) is 4.79 Å². The van der Waals surface area contributed by atoms with Crippen molar-refractivity contribution in [3.8, 4) is 5.69 Å². The minimum Gasteiger partial charge on any atom is -0.357 e. The normalized spacial score (nSPS) is 15.7. The Labute approximate surface area is 204 Å². The Bertz CT molecular complexity index is 1080. The molecule has 4 heterocycles. The highest BCUT2D eigenvalue weighted by Crippen LogP contribution is 2.34. The molecule has 0 aliphatic carbocycles. The molecule has 2 aromatic heterocycles. The van der Waals surface area contributed by atoms with Crippen LogP contribution in [0.4, 0.5) is 5.82 Å². The van der Waals surface area contributed by atoms with Crippen molar-refractivity contribution >= 4 is 48.1 Å². The second kappa shape index (κ2) is 10.1. The van der Waals surface area contributed by atoms with Crippen LogP contribution in [0.3, 0.4) is 0 Å². The lowest BCUT2D eigenvalue weighted by atomic mass is 9.95. The van der Waals surface area contributed by atoms with E-state index in [0.717, 1.165) is 54.6 Å². The minimum atomic E-state index is 0. The molecule has 0 radical (unpaired) electrons. The molecule has 1 amide bonds. The average Bonchev–Trinajstić information content (AvgIpc) is 3.10. The molecule has 1 aromatic carbocycles. The van der Waals surface area contributed by atoms with Gasteiger partial charge in [-0.15, -0.1) is 35.0 Å². The number of benzene rings is 1. The van der Waals surface area contributed by atoms with Crippen molar-refractivity contribution in [2.45, 2.75) is 38.8 Å². The first-order valence-corrected chi connectivity index (χ1v) is 10.6. The molecule has 1 fully saturated rings. The van der Waals surface area contributed by atoms with E-state index in [2.05, 4.69) is 30.7 Å². The molecule has 0 bridgehead atoms. The summed E-state index contributed by atoms with van der Waals surface area (Å²) in [5.41, 5.74) is 2.04. The summed E-state index contributed by atoms with van der Waals surface area (Å²) >= 11 is 6.27. The fourth-order valence-corrected chi connectivity index (χ4v) is 4.62. The zero-order valence-corrected chi connectivity index (χ0v) is 20.0. The highest BCUT2D eigenvalue weighted by atomic mass is 35.5. The van der Waals surface area contributed by atoms with Gasteiger partial charge in [0, 0.05) is 43.7 Å². The van der Waals surface area contributed by atoms with Crippen LogP contribution in [0.2, 0.25) is 5.02 Å². The smallest absolute Gasteiger partial charge is 0.220 e. The van der Waals surface area contributed by atoms with Crippen LogP contribution >= 0.6 is 36.4 Å². The van der Waals surface area contributed by atoms with E-state index in [1.165, 1.54) is 0 Å². The van der Waals surface area contributed by atoms with Crippen LogP contribution in [0, 0.1) is 0 Å². The third-order valence-electron chi connectivity index (χ3n) is 6.01. The molecule has 3 aromatic rings. The Balaban J connectivity index is 0.00000144. The minimum absolute atomic E-state index is 0. The number of halogens is 3. The topological polar surface area (TPSA) is 67.2 Å². The van der Waals surface area contributed by atoms with E-state index in [4.69, 9.17) is 11.6 Å². The molecule has 10 heteroatoms. The third kappa shape index (κ3) is 4.56. The summed E-state index contributed by atoms with van der Waals surface area (Å²) in [6.07, 6.45) is 3.80. The first-order valence-electron chi connectivity index (χ1n) is 10.2. The monoisotopic (exact) mass is 494 g/mol. The molecule has 0 atom stereocenters. The van der Waals surface area contributed by atoms with Gasteiger partial charge in [-0.3, -0.25) is 9.36 Å². The van der Waals surface area contributed by atoms with Crippen LogP contribution in [-0.4, -0.2) is 43.6 Å². The summed E-state index contributed by atoms with van der Waals surface area (Å²) in [5, 5.41) is 9.73. The number of fused-ring (bicyclic) bond motifs is 3. The first kappa shape index (κ1) is 24.3. The summed E-state index contributed by atoms with van der Waals surface area (Å²) in [4.78, 5) is 20.7. The van der Waals surface area contributed by atoms with Gasteiger partial charge in [0.25, 0.3) is 0 Å². The molecule has 1 saturated heterocycles. The van der Waals surface area contributed by atoms with Crippen molar-refractivity contribution in [1.29, 1.82) is 0 Å². The van der Waals surface area contributed by atoms with Gasteiger partial charge in [-0.2, -0.15) is 0 Å². The van der Waals surface area contributed by atoms with Gasteiger partial charge in [-0.1, -0.05) is 17.7 Å². The molecule has 7 nitrogen and oxygen atoms in total. The number of carbonyl (C=O) groups excluding carboxylic acids is 1. The van der Waals surface area contributed by atoms with Gasteiger partial charge in [0.15, 0.2) is 5.82 Å². The molecule has 0 spiro atoms. The van der Waals surface area contributed by atoms with E-state index >= 15 is 0 Å². The van der Waals surface area contributed by atoms with Crippen molar-refractivity contribution in [3.63, 3.8) is 0 Å². The molecule has 5 rings (SSSR count). The van der Waals surface area contributed by atoms with Crippen LogP contribution in [-0.2, 0) is 17.9 Å². The third-order valence-corrected chi connectivity index (χ3v) is 6.24. The van der Waals surface area contributed by atoms with Gasteiger partial charge < -0.3 is 9.80 Å². The Morgan fingerprint density at radius 1 is 1.06 bits per heavy atom. The largest absolute Gasteiger partial charge is 0.357 e. The van der Waals surface area contributed by atoms with Crippen LogP contribution in [0.15, 0.2) is 42.6 Å². The number of rotatable bonds is 2. The number of anilines is 1. The van der Waals surface area contributed by atoms with Gasteiger partial charge in [0.2, 0.25) is 5.91 Å². The Hall–Kier alpha value is -2.35. The van der Waals surface area contributed by atoms with E-state index in [1.54, 1.807) is 11.8 Å². The molecule has 2 aliphatic rings. The number of carbonyl (C=O) groups is 1. The second-order valence-corrected chi connectivity index (χ2v) is 8.34. The summed E-state index contributed by atoms with van der Waals surface area (Å²) in [6.45, 7) is 4.41. The molecule has 0 saturated carbocycles. The maximum Gasteiger partial charge on any atom is 0.220 e. The quantitative estimate of drug-likeness (QED) is 0.527. The van der Waals surface area contributed by atoms with E-state index in [0.29, 0.717) is 24.0 Å². The lowest BCUT2D eigenvalue weighted by Crippen LogP contribution is -2.34. The van der Waals surface area contributed by atoms with E-state index < -0.39 is 0 Å². The standard InChI is InChI=1S/C22H23ClN6O.2ClH/c1-15(30)28-13-17-12-18(23)5-6-19(17)29-21(14-28)25-26-22(29)16-7-10-27(11-8-16)20-4-2-3-9-24-20;;/h2-6,9,12,16H,7-8,10-11,13-14H2,1H3;2*1H. The average molecular weight is 496 g/mol. The van der Waals surface area contributed by atoms with Gasteiger partial charge in [-0.05, 0) is 48.7 Å². The van der Waals surface area contributed by atoms with Crippen molar-refractivity contribution in [2.24, 2.45) is 0 Å². The number of nitrogens with zero attached hydrogens (tertiary/aromatic N) is 6. The molecular formula is C22H25Cl3N6O. The van der Waals surface area contributed by atoms with Crippen LogP contribution in [0.1, 0.15) is 42.9 Å². The van der Waals surface area contributed by atoms with Gasteiger partial charge >= 0.3 is 0 Å². The highest BCUT2D eigenvalue weighted by molar-refractivity contribution is 6.30. The molecule has 32 heavy (non-hydrogen) atoms. The van der Waals surface area contributed by atoms with Crippen molar-refractivity contribution < 1.29 is 4.79 Å². The number of aromatic nitrogens is 4. The fraction of sp³-hybridized carbons (Fsp3) is 0.364. The van der Waals surface area contributed by atoms with Crippen molar-refractivity contribution in [2.75, 3.05) is 18.0 Å². The predicted molar refractivity (Wildman–Crippen MR) is 129 cm³/mol. The Morgan fingerprint density at radius 2 is 1.84 bits per heavy atom. The number of hydrogen-bond acceptors (Lipinski definition) is 5. The van der Waals surface area contributed by atoms with Crippen LogP contribution < -0.4 is 4.90 Å². The van der Waals surface area contributed by atoms with Gasteiger partial charge in [0.05, 0.1) is 12.2 Å². The van der Waals surface area contributed by atoms with Crippen LogP contribution in [0.25, 0.3) is 5.69 Å². The summed E-state index contributed by atoms with van der Waals surface area (Å²) in [6, 6.07) is 11.9.